The molecule has 2 aliphatic carbocycles. The first kappa shape index (κ1) is 29.4. The Labute approximate surface area is 222 Å². The fourth-order valence-electron chi connectivity index (χ4n) is 6.26. The summed E-state index contributed by atoms with van der Waals surface area (Å²) in [6.07, 6.45) is 11.9. The summed E-state index contributed by atoms with van der Waals surface area (Å²) >= 11 is 0. The van der Waals surface area contributed by atoms with Crippen LogP contribution < -0.4 is 22.1 Å². The lowest BCUT2D eigenvalue weighted by molar-refractivity contribution is -0.146. The molecule has 0 aromatic heterocycles. The van der Waals surface area contributed by atoms with Crippen molar-refractivity contribution in [3.05, 3.63) is 0 Å². The molecule has 6 N–H and O–H groups in total. The van der Waals surface area contributed by atoms with Gasteiger partial charge in [0.2, 0.25) is 23.6 Å². The topological polar surface area (TPSA) is 148 Å². The monoisotopic (exact) mass is 519 g/mol. The van der Waals surface area contributed by atoms with Crippen molar-refractivity contribution in [1.82, 2.24) is 15.5 Å². The zero-order chi connectivity index (χ0) is 27.2. The summed E-state index contributed by atoms with van der Waals surface area (Å²) in [5.41, 5.74) is 11.6. The molecule has 37 heavy (non-hydrogen) atoms. The molecular formula is C28H49N5O4. The van der Waals surface area contributed by atoms with E-state index in [1.165, 1.54) is 0 Å². The molecule has 0 spiro atoms. The molecule has 2 saturated carbocycles. The SMILES string of the molecule is CC(C)(C)C(N)C(=O)N1CCCCC1C(=O)N[C@H](C(=O)N[C@H](C(N)=O)C1CCCCC1)C1CCCCC1. The van der Waals surface area contributed by atoms with Gasteiger partial charge in [-0.2, -0.15) is 0 Å². The van der Waals surface area contributed by atoms with E-state index in [-0.39, 0.29) is 29.6 Å². The number of hydrogen-bond donors (Lipinski definition) is 4. The van der Waals surface area contributed by atoms with Crippen LogP contribution in [0.2, 0.25) is 0 Å². The molecule has 3 fully saturated rings. The third-order valence-corrected chi connectivity index (χ3v) is 8.71. The van der Waals surface area contributed by atoms with Crippen LogP contribution >= 0.6 is 0 Å². The van der Waals surface area contributed by atoms with Gasteiger partial charge in [0, 0.05) is 6.54 Å². The number of carbonyl (C=O) groups excluding carboxylic acids is 4. The van der Waals surface area contributed by atoms with Crippen LogP contribution in [0.1, 0.15) is 104 Å². The Morgan fingerprint density at radius 2 is 1.27 bits per heavy atom. The van der Waals surface area contributed by atoms with E-state index in [1.807, 2.05) is 20.8 Å². The van der Waals surface area contributed by atoms with Crippen LogP contribution in [0, 0.1) is 17.3 Å². The molecule has 4 atom stereocenters. The number of amides is 4. The van der Waals surface area contributed by atoms with Crippen LogP contribution in [-0.2, 0) is 19.2 Å². The van der Waals surface area contributed by atoms with Crippen LogP contribution in [0.5, 0.6) is 0 Å². The Bertz CT molecular complexity index is 814. The summed E-state index contributed by atoms with van der Waals surface area (Å²) in [5.74, 6) is -1.38. The standard InChI is InChI=1S/C28H49N5O4/c1-28(2,3)23(29)27(37)33-17-11-10-16-20(33)25(35)32-22(19-14-8-5-9-15-19)26(36)31-21(24(30)34)18-12-6-4-7-13-18/h18-23H,4-17,29H2,1-3H3,(H2,30,34)(H,31,36)(H,32,35)/t20?,21-,22-,23?/m0/s1. The van der Waals surface area contributed by atoms with E-state index in [1.54, 1.807) is 4.90 Å². The van der Waals surface area contributed by atoms with E-state index < -0.39 is 35.5 Å². The van der Waals surface area contributed by atoms with E-state index in [2.05, 4.69) is 10.6 Å². The normalized spacial score (nSPS) is 24.5. The van der Waals surface area contributed by atoms with Crippen molar-refractivity contribution < 1.29 is 19.2 Å². The van der Waals surface area contributed by atoms with Gasteiger partial charge >= 0.3 is 0 Å². The summed E-state index contributed by atoms with van der Waals surface area (Å²) < 4.78 is 0. The molecule has 3 rings (SSSR count). The minimum Gasteiger partial charge on any atom is -0.368 e. The molecule has 0 radical (unpaired) electrons. The van der Waals surface area contributed by atoms with Crippen LogP contribution in [0.3, 0.4) is 0 Å². The largest absolute Gasteiger partial charge is 0.368 e. The molecule has 9 heteroatoms. The van der Waals surface area contributed by atoms with Gasteiger partial charge < -0.3 is 27.0 Å². The van der Waals surface area contributed by atoms with Gasteiger partial charge in [0.05, 0.1) is 6.04 Å². The fourth-order valence-corrected chi connectivity index (χ4v) is 6.26. The Balaban J connectivity index is 1.77. The van der Waals surface area contributed by atoms with Crippen LogP contribution in [0.15, 0.2) is 0 Å². The molecule has 9 nitrogen and oxygen atoms in total. The van der Waals surface area contributed by atoms with Crippen molar-refractivity contribution in [2.75, 3.05) is 6.54 Å². The number of carbonyl (C=O) groups is 4. The third-order valence-electron chi connectivity index (χ3n) is 8.71. The third kappa shape index (κ3) is 7.68. The average Bonchev–Trinajstić information content (AvgIpc) is 2.89. The minimum atomic E-state index is -0.756. The molecule has 2 unspecified atom stereocenters. The van der Waals surface area contributed by atoms with Crippen LogP contribution in [-0.4, -0.2) is 59.2 Å². The predicted octanol–water partition coefficient (Wildman–Crippen LogP) is 2.36. The summed E-state index contributed by atoms with van der Waals surface area (Å²) in [4.78, 5) is 54.5. The van der Waals surface area contributed by atoms with E-state index in [0.29, 0.717) is 13.0 Å². The number of nitrogens with one attached hydrogen (secondary N) is 2. The van der Waals surface area contributed by atoms with E-state index in [0.717, 1.165) is 77.0 Å². The summed E-state index contributed by atoms with van der Waals surface area (Å²) in [6.45, 7) is 6.23. The molecule has 0 aromatic carbocycles. The molecular weight excluding hydrogens is 470 g/mol. The average molecular weight is 520 g/mol. The Kier molecular flexibility index (Phi) is 10.4. The highest BCUT2D eigenvalue weighted by Gasteiger charge is 2.41. The lowest BCUT2D eigenvalue weighted by atomic mass is 9.81. The highest BCUT2D eigenvalue weighted by Crippen LogP contribution is 2.30. The van der Waals surface area contributed by atoms with Crippen LogP contribution in [0.4, 0.5) is 0 Å². The quantitative estimate of drug-likeness (QED) is 0.389. The summed E-state index contributed by atoms with van der Waals surface area (Å²) in [7, 11) is 0. The number of rotatable bonds is 8. The minimum absolute atomic E-state index is 0.0119. The number of nitrogens with two attached hydrogens (primary N) is 2. The van der Waals surface area contributed by atoms with Gasteiger partial charge in [0.15, 0.2) is 0 Å². The molecule has 0 aromatic rings. The highest BCUT2D eigenvalue weighted by atomic mass is 16.2. The second kappa shape index (κ2) is 13.1. The number of piperidine rings is 1. The second-order valence-electron chi connectivity index (χ2n) is 12.6. The van der Waals surface area contributed by atoms with Gasteiger partial charge in [-0.3, -0.25) is 19.2 Å². The highest BCUT2D eigenvalue weighted by molar-refractivity contribution is 5.95. The molecule has 4 amide bonds. The van der Waals surface area contributed by atoms with Crippen molar-refractivity contribution in [1.29, 1.82) is 0 Å². The van der Waals surface area contributed by atoms with Gasteiger partial charge in [0.25, 0.3) is 0 Å². The zero-order valence-corrected chi connectivity index (χ0v) is 23.1. The summed E-state index contributed by atoms with van der Waals surface area (Å²) in [5, 5.41) is 5.96. The molecule has 1 heterocycles. The fraction of sp³-hybridized carbons (Fsp3) is 0.857. The maximum absolute atomic E-state index is 13.6. The van der Waals surface area contributed by atoms with Gasteiger partial charge in [-0.15, -0.1) is 0 Å². The Hall–Kier alpha value is -2.16. The molecule has 1 aliphatic heterocycles. The first-order valence-electron chi connectivity index (χ1n) is 14.5. The Morgan fingerprint density at radius 1 is 0.757 bits per heavy atom. The van der Waals surface area contributed by atoms with Crippen molar-refractivity contribution >= 4 is 23.6 Å². The first-order chi connectivity index (χ1) is 17.5. The lowest BCUT2D eigenvalue weighted by Crippen LogP contribution is -2.62. The van der Waals surface area contributed by atoms with Gasteiger partial charge in [-0.05, 0) is 62.2 Å². The smallest absolute Gasteiger partial charge is 0.243 e. The molecule has 3 aliphatic rings. The Morgan fingerprint density at radius 3 is 1.78 bits per heavy atom. The van der Waals surface area contributed by atoms with Gasteiger partial charge in [0.1, 0.15) is 18.1 Å². The molecule has 0 bridgehead atoms. The van der Waals surface area contributed by atoms with E-state index in [9.17, 15) is 19.2 Å². The van der Waals surface area contributed by atoms with Gasteiger partial charge in [-0.25, -0.2) is 0 Å². The number of likely N-dealkylation sites (tertiary alicyclic amines) is 1. The second-order valence-corrected chi connectivity index (χ2v) is 12.6. The number of nitrogens with zero attached hydrogens (tertiary/aromatic N) is 1. The molecule has 210 valence electrons. The number of hydrogen-bond acceptors (Lipinski definition) is 5. The summed E-state index contributed by atoms with van der Waals surface area (Å²) in [6, 6.07) is -2.86. The molecule has 1 saturated heterocycles. The van der Waals surface area contributed by atoms with E-state index in [4.69, 9.17) is 11.5 Å². The maximum atomic E-state index is 13.6. The number of primary amides is 1. The van der Waals surface area contributed by atoms with Crippen molar-refractivity contribution in [2.24, 2.45) is 28.7 Å². The predicted molar refractivity (Wildman–Crippen MR) is 143 cm³/mol. The maximum Gasteiger partial charge on any atom is 0.243 e. The van der Waals surface area contributed by atoms with E-state index >= 15 is 0 Å². The first-order valence-corrected chi connectivity index (χ1v) is 14.5. The van der Waals surface area contributed by atoms with Crippen molar-refractivity contribution in [3.8, 4) is 0 Å². The van der Waals surface area contributed by atoms with Crippen molar-refractivity contribution in [2.45, 2.75) is 128 Å². The van der Waals surface area contributed by atoms with Crippen molar-refractivity contribution in [3.63, 3.8) is 0 Å². The lowest BCUT2D eigenvalue weighted by Gasteiger charge is -2.40. The zero-order valence-electron chi connectivity index (χ0n) is 23.1. The van der Waals surface area contributed by atoms with Gasteiger partial charge in [-0.1, -0.05) is 59.3 Å². The van der Waals surface area contributed by atoms with Crippen LogP contribution in [0.25, 0.3) is 0 Å².